The Morgan fingerprint density at radius 2 is 1.70 bits per heavy atom. The summed E-state index contributed by atoms with van der Waals surface area (Å²) < 4.78 is 10.3. The van der Waals surface area contributed by atoms with Crippen molar-refractivity contribution in [3.63, 3.8) is 0 Å². The number of ether oxygens (including phenoxy) is 1. The van der Waals surface area contributed by atoms with Gasteiger partial charge in [0.1, 0.15) is 0 Å². The van der Waals surface area contributed by atoms with Gasteiger partial charge in [-0.25, -0.2) is 9.78 Å². The van der Waals surface area contributed by atoms with Crippen molar-refractivity contribution in [1.29, 1.82) is 0 Å². The number of nitrogens with two attached hydrogens (primary N) is 1. The van der Waals surface area contributed by atoms with Crippen molar-refractivity contribution in [2.75, 3.05) is 0 Å². The first-order chi connectivity index (χ1) is 14.6. The first-order valence-electron chi connectivity index (χ1n) is 9.92. The van der Waals surface area contributed by atoms with E-state index < -0.39 is 18.2 Å². The lowest BCUT2D eigenvalue weighted by Crippen LogP contribution is -2.44. The van der Waals surface area contributed by atoms with E-state index in [0.29, 0.717) is 25.0 Å². The second kappa shape index (κ2) is 11.1. The quantitative estimate of drug-likeness (QED) is 0.475. The molecular weight excluding hydrogens is 382 g/mol. The fourth-order valence-corrected chi connectivity index (χ4v) is 3.24. The molecule has 3 rings (SSSR count). The van der Waals surface area contributed by atoms with E-state index in [2.05, 4.69) is 10.3 Å². The molecule has 1 amide bonds. The monoisotopic (exact) mass is 409 g/mol. The van der Waals surface area contributed by atoms with Crippen molar-refractivity contribution < 1.29 is 19.1 Å². The maximum Gasteiger partial charge on any atom is 0.407 e. The van der Waals surface area contributed by atoms with Crippen LogP contribution in [0.1, 0.15) is 23.3 Å². The van der Waals surface area contributed by atoms with Crippen LogP contribution in [0.25, 0.3) is 0 Å². The van der Waals surface area contributed by atoms with Gasteiger partial charge in [-0.1, -0.05) is 60.7 Å². The minimum atomic E-state index is -0.784. The van der Waals surface area contributed by atoms with Gasteiger partial charge in [0.25, 0.3) is 0 Å². The molecule has 3 atom stereocenters. The molecule has 0 aliphatic heterocycles. The molecule has 0 aliphatic rings. The molecule has 7 heteroatoms. The second-order valence-electron chi connectivity index (χ2n) is 7.23. The Labute approximate surface area is 175 Å². The summed E-state index contributed by atoms with van der Waals surface area (Å²) in [6.07, 6.45) is 2.80. The van der Waals surface area contributed by atoms with Crippen molar-refractivity contribution in [2.45, 2.75) is 44.1 Å². The molecule has 30 heavy (non-hydrogen) atoms. The van der Waals surface area contributed by atoms with Crippen molar-refractivity contribution in [3.05, 3.63) is 90.1 Å². The summed E-state index contributed by atoms with van der Waals surface area (Å²) in [6, 6.07) is 18.8. The zero-order valence-corrected chi connectivity index (χ0v) is 16.7. The smallest absolute Gasteiger partial charge is 0.407 e. The third-order valence-electron chi connectivity index (χ3n) is 4.81. The molecule has 0 spiro atoms. The van der Waals surface area contributed by atoms with Crippen molar-refractivity contribution in [3.8, 4) is 0 Å². The maximum absolute atomic E-state index is 12.3. The maximum atomic E-state index is 12.3. The lowest BCUT2D eigenvalue weighted by molar-refractivity contribution is 0.106. The SMILES string of the molecule is NC(Cc1ccccc1)C(O)CC(Cc1ccccc1)NC(=O)OCc1cnco1. The van der Waals surface area contributed by atoms with E-state index in [1.165, 1.54) is 12.6 Å². The number of oxazole rings is 1. The lowest BCUT2D eigenvalue weighted by atomic mass is 9.94. The molecular formula is C23H27N3O4. The Morgan fingerprint density at radius 3 is 2.30 bits per heavy atom. The number of alkyl carbamates (subject to hydrolysis) is 1. The van der Waals surface area contributed by atoms with Gasteiger partial charge in [-0.3, -0.25) is 0 Å². The number of benzene rings is 2. The number of nitrogens with one attached hydrogen (secondary N) is 1. The van der Waals surface area contributed by atoms with Crippen LogP contribution in [0.2, 0.25) is 0 Å². The number of aliphatic hydroxyl groups excluding tert-OH is 1. The second-order valence-corrected chi connectivity index (χ2v) is 7.23. The van der Waals surface area contributed by atoms with Crippen molar-refractivity contribution in [2.24, 2.45) is 5.73 Å². The molecule has 1 heterocycles. The van der Waals surface area contributed by atoms with E-state index in [1.807, 2.05) is 60.7 Å². The van der Waals surface area contributed by atoms with Crippen LogP contribution in [-0.2, 0) is 24.2 Å². The Hall–Kier alpha value is -3.16. The highest BCUT2D eigenvalue weighted by atomic mass is 16.6. The molecule has 0 aliphatic carbocycles. The minimum Gasteiger partial charge on any atom is -0.445 e. The number of nitrogens with zero attached hydrogens (tertiary/aromatic N) is 1. The molecule has 158 valence electrons. The highest BCUT2D eigenvalue weighted by molar-refractivity contribution is 5.67. The number of carbonyl (C=O) groups is 1. The normalized spacial score (nSPS) is 13.9. The summed E-state index contributed by atoms with van der Waals surface area (Å²) in [6.45, 7) is -0.0139. The highest BCUT2D eigenvalue weighted by Gasteiger charge is 2.23. The van der Waals surface area contributed by atoms with Gasteiger partial charge in [0.05, 0.1) is 12.3 Å². The van der Waals surface area contributed by atoms with Crippen LogP contribution >= 0.6 is 0 Å². The van der Waals surface area contributed by atoms with Crippen LogP contribution in [0.15, 0.2) is 77.7 Å². The summed E-state index contributed by atoms with van der Waals surface area (Å²) in [5.74, 6) is 0.453. The van der Waals surface area contributed by atoms with E-state index in [0.717, 1.165) is 11.1 Å². The van der Waals surface area contributed by atoms with Gasteiger partial charge in [-0.15, -0.1) is 0 Å². The fourth-order valence-electron chi connectivity index (χ4n) is 3.24. The Morgan fingerprint density at radius 1 is 1.07 bits per heavy atom. The van der Waals surface area contributed by atoms with Gasteiger partial charge >= 0.3 is 6.09 Å². The zero-order valence-electron chi connectivity index (χ0n) is 16.7. The summed E-state index contributed by atoms with van der Waals surface area (Å²) in [5, 5.41) is 13.5. The third-order valence-corrected chi connectivity index (χ3v) is 4.81. The van der Waals surface area contributed by atoms with Crippen LogP contribution < -0.4 is 11.1 Å². The molecule has 0 bridgehead atoms. The molecule has 0 fully saturated rings. The van der Waals surface area contributed by atoms with Gasteiger partial charge in [0, 0.05) is 12.1 Å². The number of aromatic nitrogens is 1. The zero-order chi connectivity index (χ0) is 21.2. The topological polar surface area (TPSA) is 111 Å². The predicted molar refractivity (Wildman–Crippen MR) is 113 cm³/mol. The van der Waals surface area contributed by atoms with E-state index in [9.17, 15) is 9.90 Å². The van der Waals surface area contributed by atoms with E-state index in [1.54, 1.807) is 0 Å². The van der Waals surface area contributed by atoms with Crippen LogP contribution in [-0.4, -0.2) is 34.4 Å². The fraction of sp³-hybridized carbons (Fsp3) is 0.304. The number of carbonyl (C=O) groups excluding carboxylic acids is 1. The van der Waals surface area contributed by atoms with Gasteiger partial charge < -0.3 is 25.3 Å². The molecule has 0 saturated carbocycles. The summed E-state index contributed by atoms with van der Waals surface area (Å²) in [5.41, 5.74) is 8.33. The number of hydrogen-bond donors (Lipinski definition) is 3. The molecule has 0 radical (unpaired) electrons. The van der Waals surface area contributed by atoms with E-state index in [4.69, 9.17) is 14.9 Å². The standard InChI is InChI=1S/C23H27N3O4/c24-21(12-18-9-5-2-6-10-18)22(27)13-19(11-17-7-3-1-4-8-17)26-23(28)29-15-20-14-25-16-30-20/h1-10,14,16,19,21-22,27H,11-13,15,24H2,(H,26,28). The molecule has 1 aromatic heterocycles. The Kier molecular flexibility index (Phi) is 8.00. The summed E-state index contributed by atoms with van der Waals surface area (Å²) in [7, 11) is 0. The van der Waals surface area contributed by atoms with E-state index in [-0.39, 0.29) is 12.6 Å². The number of amides is 1. The van der Waals surface area contributed by atoms with Gasteiger partial charge in [0.15, 0.2) is 18.8 Å². The Bertz CT molecular complexity index is 872. The van der Waals surface area contributed by atoms with Crippen LogP contribution in [0.5, 0.6) is 0 Å². The third kappa shape index (κ3) is 7.02. The predicted octanol–water partition coefficient (Wildman–Crippen LogP) is 2.83. The van der Waals surface area contributed by atoms with Crippen LogP contribution in [0.3, 0.4) is 0 Å². The van der Waals surface area contributed by atoms with Gasteiger partial charge in [-0.2, -0.15) is 0 Å². The molecule has 2 aromatic carbocycles. The molecule has 4 N–H and O–H groups in total. The Balaban J connectivity index is 1.58. The average Bonchev–Trinajstić information content (AvgIpc) is 3.27. The van der Waals surface area contributed by atoms with Gasteiger partial charge in [-0.05, 0) is 30.4 Å². The first kappa shape index (κ1) is 21.5. The number of hydrogen-bond acceptors (Lipinski definition) is 6. The van der Waals surface area contributed by atoms with Crippen molar-refractivity contribution in [1.82, 2.24) is 10.3 Å². The summed E-state index contributed by atoms with van der Waals surface area (Å²) >= 11 is 0. The highest BCUT2D eigenvalue weighted by Crippen LogP contribution is 2.13. The molecule has 3 aromatic rings. The van der Waals surface area contributed by atoms with Gasteiger partial charge in [0.2, 0.25) is 0 Å². The number of aliphatic hydroxyl groups is 1. The average molecular weight is 409 g/mol. The molecule has 3 unspecified atom stereocenters. The van der Waals surface area contributed by atoms with E-state index >= 15 is 0 Å². The number of rotatable bonds is 10. The summed E-state index contributed by atoms with van der Waals surface area (Å²) in [4.78, 5) is 16.1. The van der Waals surface area contributed by atoms with Crippen molar-refractivity contribution >= 4 is 6.09 Å². The minimum absolute atomic E-state index is 0.0139. The van der Waals surface area contributed by atoms with Crippen LogP contribution in [0, 0.1) is 0 Å². The molecule has 7 nitrogen and oxygen atoms in total. The largest absolute Gasteiger partial charge is 0.445 e. The lowest BCUT2D eigenvalue weighted by Gasteiger charge is -2.25. The van der Waals surface area contributed by atoms with Crippen LogP contribution in [0.4, 0.5) is 4.79 Å². The first-order valence-corrected chi connectivity index (χ1v) is 9.92. The molecule has 0 saturated heterocycles.